The van der Waals surface area contributed by atoms with Crippen molar-refractivity contribution in [1.82, 2.24) is 0 Å². The zero-order valence-electron chi connectivity index (χ0n) is 35.9. The Morgan fingerprint density at radius 2 is 0.742 bits per heavy atom. The van der Waals surface area contributed by atoms with E-state index in [9.17, 15) is 0 Å². The monoisotopic (exact) mass is 837 g/mol. The number of benzene rings is 12. The van der Waals surface area contributed by atoms with Gasteiger partial charge >= 0.3 is 0 Å². The van der Waals surface area contributed by atoms with Crippen molar-refractivity contribution in [2.45, 2.75) is 0 Å². The van der Waals surface area contributed by atoms with Crippen LogP contribution in [0.25, 0.3) is 120 Å². The summed E-state index contributed by atoms with van der Waals surface area (Å²) in [5.74, 6) is 0. The molecule has 0 radical (unpaired) electrons. The van der Waals surface area contributed by atoms with E-state index in [2.05, 4.69) is 235 Å². The number of hydrogen-bond donors (Lipinski definition) is 0. The molecule has 1 heterocycles. The van der Waals surface area contributed by atoms with E-state index in [-0.39, 0.29) is 0 Å². The van der Waals surface area contributed by atoms with Gasteiger partial charge in [0.15, 0.2) is 0 Å². The number of nitrogens with zero attached hydrogens (tertiary/aromatic N) is 1. The van der Waals surface area contributed by atoms with Gasteiger partial charge in [0.05, 0.1) is 5.69 Å². The van der Waals surface area contributed by atoms with Gasteiger partial charge in [0, 0.05) is 33.3 Å². The quantitative estimate of drug-likeness (QED) is 0.155. The maximum atomic E-state index is 6.72. The molecule has 66 heavy (non-hydrogen) atoms. The number of hydrogen-bond acceptors (Lipinski definition) is 2. The average Bonchev–Trinajstić information content (AvgIpc) is 3.77. The van der Waals surface area contributed by atoms with Crippen LogP contribution in [0.4, 0.5) is 17.1 Å². The fraction of sp³-hybridized carbons (Fsp3) is 0. The second-order valence-corrected chi connectivity index (χ2v) is 17.6. The first-order chi connectivity index (χ1) is 32.7. The van der Waals surface area contributed by atoms with Crippen LogP contribution in [-0.2, 0) is 0 Å². The Labute approximate surface area is 381 Å². The van der Waals surface area contributed by atoms with Gasteiger partial charge in [0.2, 0.25) is 0 Å². The van der Waals surface area contributed by atoms with E-state index in [1.165, 1.54) is 81.3 Å². The third-order valence-electron chi connectivity index (χ3n) is 14.0. The van der Waals surface area contributed by atoms with E-state index in [1.54, 1.807) is 0 Å². The van der Waals surface area contributed by atoms with E-state index >= 15 is 0 Å². The van der Waals surface area contributed by atoms with Crippen LogP contribution in [0.15, 0.2) is 241 Å². The highest BCUT2D eigenvalue weighted by atomic mass is 16.3. The van der Waals surface area contributed by atoms with Crippen LogP contribution in [0.2, 0.25) is 0 Å². The number of anilines is 3. The van der Waals surface area contributed by atoms with E-state index in [0.29, 0.717) is 0 Å². The minimum atomic E-state index is 0.888. The number of furan rings is 1. The van der Waals surface area contributed by atoms with E-state index in [0.717, 1.165) is 55.7 Å². The molecule has 0 aliphatic rings. The molecule has 0 fully saturated rings. The summed E-state index contributed by atoms with van der Waals surface area (Å²) in [7, 11) is 0. The SMILES string of the molecule is c1ccc(-c2ccc(-c3ccc(N(c4cc5ccc6cccc7c8cccc9ccc%10cccc(c(c4)c5c67)c%10c98)c4ccccc4-c4cccc5c4oc4ccccc45)cc3)cc2)cc1. The molecule has 0 saturated carbocycles. The fourth-order valence-electron chi connectivity index (χ4n) is 11.0. The Morgan fingerprint density at radius 1 is 0.273 bits per heavy atom. The zero-order chi connectivity index (χ0) is 43.3. The first kappa shape index (κ1) is 36.7. The third-order valence-corrected chi connectivity index (χ3v) is 14.0. The molecule has 0 N–H and O–H groups in total. The van der Waals surface area contributed by atoms with Gasteiger partial charge in [-0.25, -0.2) is 0 Å². The van der Waals surface area contributed by atoms with Gasteiger partial charge in [-0.15, -0.1) is 0 Å². The summed E-state index contributed by atoms with van der Waals surface area (Å²) >= 11 is 0. The van der Waals surface area contributed by atoms with Crippen LogP contribution < -0.4 is 4.90 Å². The predicted octanol–water partition coefficient (Wildman–Crippen LogP) is 18.4. The molecule has 306 valence electrons. The average molecular weight is 838 g/mol. The molecular weight excluding hydrogens is 799 g/mol. The molecule has 0 spiro atoms. The molecule has 0 bridgehead atoms. The van der Waals surface area contributed by atoms with Crippen molar-refractivity contribution in [3.8, 4) is 33.4 Å². The molecule has 0 aliphatic heterocycles. The Balaban J connectivity index is 1.05. The first-order valence-electron chi connectivity index (χ1n) is 22.7. The van der Waals surface area contributed by atoms with Gasteiger partial charge in [-0.3, -0.25) is 0 Å². The van der Waals surface area contributed by atoms with E-state index in [4.69, 9.17) is 4.42 Å². The molecule has 0 atom stereocenters. The zero-order valence-corrected chi connectivity index (χ0v) is 35.9. The van der Waals surface area contributed by atoms with Gasteiger partial charge in [-0.05, 0) is 123 Å². The molecular formula is C64H39NO. The lowest BCUT2D eigenvalue weighted by Gasteiger charge is -2.29. The van der Waals surface area contributed by atoms with E-state index in [1.807, 2.05) is 6.07 Å². The molecule has 1 aromatic heterocycles. The largest absolute Gasteiger partial charge is 0.455 e. The van der Waals surface area contributed by atoms with Crippen molar-refractivity contribution in [2.24, 2.45) is 0 Å². The second kappa shape index (κ2) is 14.4. The smallest absolute Gasteiger partial charge is 0.143 e. The summed E-state index contributed by atoms with van der Waals surface area (Å²) in [5.41, 5.74) is 11.9. The summed E-state index contributed by atoms with van der Waals surface area (Å²) in [4.78, 5) is 2.46. The summed E-state index contributed by atoms with van der Waals surface area (Å²) in [6, 6.07) is 86.7. The van der Waals surface area contributed by atoms with Gasteiger partial charge in [0.25, 0.3) is 0 Å². The Hall–Kier alpha value is -8.72. The van der Waals surface area contributed by atoms with Crippen molar-refractivity contribution in [2.75, 3.05) is 4.90 Å². The highest BCUT2D eigenvalue weighted by Crippen LogP contribution is 2.49. The minimum absolute atomic E-state index is 0.888. The van der Waals surface area contributed by atoms with Crippen LogP contribution in [0.3, 0.4) is 0 Å². The highest BCUT2D eigenvalue weighted by Gasteiger charge is 2.23. The maximum Gasteiger partial charge on any atom is 0.143 e. The predicted molar refractivity (Wildman–Crippen MR) is 281 cm³/mol. The number of fused-ring (bicyclic) bond motifs is 5. The molecule has 2 heteroatoms. The summed E-state index contributed by atoms with van der Waals surface area (Å²) < 4.78 is 6.72. The van der Waals surface area contributed by atoms with Gasteiger partial charge in [-0.1, -0.05) is 200 Å². The molecule has 14 rings (SSSR count). The second-order valence-electron chi connectivity index (χ2n) is 17.6. The summed E-state index contributed by atoms with van der Waals surface area (Å²) in [5, 5.41) is 17.4. The van der Waals surface area contributed by atoms with Gasteiger partial charge in [0.1, 0.15) is 11.2 Å². The lowest BCUT2D eigenvalue weighted by Crippen LogP contribution is -2.11. The van der Waals surface area contributed by atoms with Crippen molar-refractivity contribution in [3.63, 3.8) is 0 Å². The summed E-state index contributed by atoms with van der Waals surface area (Å²) in [6.07, 6.45) is 0. The molecule has 2 nitrogen and oxygen atoms in total. The molecule has 0 amide bonds. The summed E-state index contributed by atoms with van der Waals surface area (Å²) in [6.45, 7) is 0. The molecule has 0 saturated heterocycles. The maximum absolute atomic E-state index is 6.72. The van der Waals surface area contributed by atoms with Crippen LogP contribution in [0.5, 0.6) is 0 Å². The molecule has 0 aliphatic carbocycles. The molecule has 14 aromatic rings. The minimum Gasteiger partial charge on any atom is -0.455 e. The fourth-order valence-corrected chi connectivity index (χ4v) is 11.0. The Bertz CT molecular complexity index is 4200. The van der Waals surface area contributed by atoms with Crippen molar-refractivity contribution >= 4 is 104 Å². The van der Waals surface area contributed by atoms with Crippen molar-refractivity contribution in [3.05, 3.63) is 237 Å². The molecule has 13 aromatic carbocycles. The van der Waals surface area contributed by atoms with E-state index < -0.39 is 0 Å². The standard InChI is InChI=1S/C64H39NO/c1-2-12-40(13-3-1)41-26-28-42(29-27-41)43-34-36-48(37-35-43)65(58-24-6-4-17-50(58)55-22-11-23-56-51-18-5-7-25-59(51)66-64(55)56)49-38-47-33-32-46-15-9-20-53-52-19-8-14-44-30-31-45-16-10-21-54(62(45)60(44)52)57(39-49)63(47)61(46)53/h1-39H. The lowest BCUT2D eigenvalue weighted by molar-refractivity contribution is 0.670. The van der Waals surface area contributed by atoms with Crippen molar-refractivity contribution < 1.29 is 4.42 Å². The molecule has 0 unspecified atom stereocenters. The van der Waals surface area contributed by atoms with Gasteiger partial charge < -0.3 is 9.32 Å². The number of para-hydroxylation sites is 3. The van der Waals surface area contributed by atoms with Crippen molar-refractivity contribution in [1.29, 1.82) is 0 Å². The third kappa shape index (κ3) is 5.55. The normalized spacial score (nSPS) is 11.9. The Kier molecular flexibility index (Phi) is 8.02. The van der Waals surface area contributed by atoms with Crippen LogP contribution in [0, 0.1) is 0 Å². The highest BCUT2D eigenvalue weighted by molar-refractivity contribution is 6.37. The topological polar surface area (TPSA) is 16.4 Å². The van der Waals surface area contributed by atoms with Gasteiger partial charge in [-0.2, -0.15) is 0 Å². The lowest BCUT2D eigenvalue weighted by atomic mass is 9.87. The first-order valence-corrected chi connectivity index (χ1v) is 22.7. The van der Waals surface area contributed by atoms with Crippen LogP contribution in [-0.4, -0.2) is 0 Å². The number of rotatable bonds is 6. The Morgan fingerprint density at radius 3 is 1.41 bits per heavy atom. The van der Waals surface area contributed by atoms with Crippen LogP contribution in [0.1, 0.15) is 0 Å². The van der Waals surface area contributed by atoms with Crippen LogP contribution >= 0.6 is 0 Å².